The number of nitriles is 1. The molecule has 2 atom stereocenters. The highest BCUT2D eigenvalue weighted by atomic mass is 32.2. The predicted molar refractivity (Wildman–Crippen MR) is 89.1 cm³/mol. The Balaban J connectivity index is 2.15. The zero-order valence-corrected chi connectivity index (χ0v) is 14.4. The highest BCUT2D eigenvalue weighted by molar-refractivity contribution is 7.98. The normalized spacial score (nSPS) is 26.4. The van der Waals surface area contributed by atoms with Crippen molar-refractivity contribution in [3.63, 3.8) is 0 Å². The van der Waals surface area contributed by atoms with Gasteiger partial charge in [0.1, 0.15) is 0 Å². The Morgan fingerprint density at radius 1 is 1.10 bits per heavy atom. The summed E-state index contributed by atoms with van der Waals surface area (Å²) in [5.74, 6) is 0.790. The predicted octanol–water partition coefficient (Wildman–Crippen LogP) is 5.50. The molecule has 1 aliphatic rings. The van der Waals surface area contributed by atoms with E-state index < -0.39 is 0 Å². The molecular weight excluding hydrogens is 264 g/mol. The summed E-state index contributed by atoms with van der Waals surface area (Å²) in [6.45, 7) is 8.23. The van der Waals surface area contributed by atoms with Gasteiger partial charge < -0.3 is 0 Å². The van der Waals surface area contributed by atoms with Crippen molar-refractivity contribution >= 4 is 11.9 Å². The van der Waals surface area contributed by atoms with Gasteiger partial charge in [-0.15, -0.1) is 0 Å². The van der Waals surface area contributed by atoms with E-state index in [2.05, 4.69) is 19.2 Å². The molecule has 0 spiro atoms. The summed E-state index contributed by atoms with van der Waals surface area (Å²) < 4.78 is 1.01. The molecule has 3 heteroatoms. The maximum absolute atomic E-state index is 9.09. The van der Waals surface area contributed by atoms with Crippen molar-refractivity contribution in [2.75, 3.05) is 19.6 Å². The molecule has 0 amide bonds. The molecular formula is C17H33N2S+. The molecule has 1 rings (SSSR count). The smallest absolute Gasteiger partial charge is 0.196 e. The largest absolute Gasteiger partial charge is 0.248 e. The second-order valence-electron chi connectivity index (χ2n) is 6.59. The zero-order valence-electron chi connectivity index (χ0n) is 13.6. The minimum atomic E-state index is 0.790. The summed E-state index contributed by atoms with van der Waals surface area (Å²) in [6.07, 6.45) is 13.7. The molecule has 0 saturated carbocycles. The topological polar surface area (TPSA) is 23.8 Å². The molecule has 0 aliphatic carbocycles. The van der Waals surface area contributed by atoms with Gasteiger partial charge in [0, 0.05) is 5.92 Å². The third-order valence-corrected chi connectivity index (χ3v) is 5.54. The fourth-order valence-corrected chi connectivity index (χ4v) is 4.37. The van der Waals surface area contributed by atoms with Crippen molar-refractivity contribution in [3.8, 4) is 5.40 Å². The van der Waals surface area contributed by atoms with E-state index in [1.807, 2.05) is 0 Å². The summed E-state index contributed by atoms with van der Waals surface area (Å²) in [6, 6.07) is 0. The van der Waals surface area contributed by atoms with Crippen LogP contribution in [0.5, 0.6) is 0 Å². The second-order valence-corrected chi connectivity index (χ2v) is 7.73. The summed E-state index contributed by atoms with van der Waals surface area (Å²) in [4.78, 5) is 0. The van der Waals surface area contributed by atoms with E-state index in [1.165, 1.54) is 95.8 Å². The van der Waals surface area contributed by atoms with Crippen LogP contribution < -0.4 is 0 Å². The number of quaternary nitrogens is 1. The van der Waals surface area contributed by atoms with E-state index in [4.69, 9.17) is 5.26 Å². The molecule has 0 bridgehead atoms. The first kappa shape index (κ1) is 17.9. The van der Waals surface area contributed by atoms with Crippen LogP contribution in [0.1, 0.15) is 78.1 Å². The summed E-state index contributed by atoms with van der Waals surface area (Å²) >= 11 is 1.52. The van der Waals surface area contributed by atoms with Crippen molar-refractivity contribution in [1.29, 1.82) is 5.26 Å². The van der Waals surface area contributed by atoms with Gasteiger partial charge in [0.2, 0.25) is 0 Å². The van der Waals surface area contributed by atoms with Crippen LogP contribution >= 0.6 is 11.9 Å². The standard InChI is InChI=1S/C17H33N2S/c1-3-4-5-6-7-8-9-10-13-19(20-16-18)14-11-12-17(2)15-19/h17H,3-15H2,1-2H3/q+1. The van der Waals surface area contributed by atoms with Crippen LogP contribution in [0.3, 0.4) is 0 Å². The van der Waals surface area contributed by atoms with Gasteiger partial charge in [-0.1, -0.05) is 52.4 Å². The van der Waals surface area contributed by atoms with Gasteiger partial charge in [-0.25, -0.2) is 3.89 Å². The first-order valence-corrected chi connectivity index (χ1v) is 9.43. The van der Waals surface area contributed by atoms with Crippen LogP contribution in [-0.4, -0.2) is 23.5 Å². The maximum atomic E-state index is 9.09. The maximum Gasteiger partial charge on any atom is 0.196 e. The van der Waals surface area contributed by atoms with E-state index >= 15 is 0 Å². The Morgan fingerprint density at radius 2 is 1.75 bits per heavy atom. The Bertz CT molecular complexity index is 287. The quantitative estimate of drug-likeness (QED) is 0.230. The Kier molecular flexibility index (Phi) is 9.39. The molecule has 1 heterocycles. The van der Waals surface area contributed by atoms with Crippen LogP contribution in [0, 0.1) is 16.6 Å². The van der Waals surface area contributed by atoms with Crippen LogP contribution in [0.2, 0.25) is 0 Å². The lowest BCUT2D eigenvalue weighted by molar-refractivity contribution is -0.805. The molecule has 1 fully saturated rings. The third kappa shape index (κ3) is 6.99. The van der Waals surface area contributed by atoms with Gasteiger partial charge in [0.05, 0.1) is 19.6 Å². The lowest BCUT2D eigenvalue weighted by Crippen LogP contribution is -2.48. The highest BCUT2D eigenvalue weighted by Gasteiger charge is 2.34. The number of nitrogens with zero attached hydrogens (tertiary/aromatic N) is 2. The first-order chi connectivity index (χ1) is 9.72. The lowest BCUT2D eigenvalue weighted by atomic mass is 10.00. The Hall–Kier alpha value is -0.200. The molecule has 0 radical (unpaired) electrons. The first-order valence-electron chi connectivity index (χ1n) is 8.66. The number of piperidine rings is 1. The monoisotopic (exact) mass is 297 g/mol. The fourth-order valence-electron chi connectivity index (χ4n) is 3.43. The van der Waals surface area contributed by atoms with E-state index in [0.717, 1.165) is 9.81 Å². The van der Waals surface area contributed by atoms with Crippen LogP contribution in [0.25, 0.3) is 0 Å². The van der Waals surface area contributed by atoms with Gasteiger partial charge in [-0.2, -0.15) is 5.26 Å². The fraction of sp³-hybridized carbons (Fsp3) is 0.941. The van der Waals surface area contributed by atoms with Crippen molar-refractivity contribution in [3.05, 3.63) is 0 Å². The van der Waals surface area contributed by atoms with Crippen LogP contribution in [0.15, 0.2) is 0 Å². The van der Waals surface area contributed by atoms with Gasteiger partial charge in [-0.3, -0.25) is 0 Å². The summed E-state index contributed by atoms with van der Waals surface area (Å²) in [5, 5.41) is 11.5. The van der Waals surface area contributed by atoms with Crippen molar-refractivity contribution < 1.29 is 3.89 Å². The molecule has 2 unspecified atom stereocenters. The molecule has 2 nitrogen and oxygen atoms in total. The van der Waals surface area contributed by atoms with E-state index in [1.54, 1.807) is 0 Å². The van der Waals surface area contributed by atoms with Gasteiger partial charge in [-0.05, 0) is 25.7 Å². The van der Waals surface area contributed by atoms with E-state index in [9.17, 15) is 0 Å². The van der Waals surface area contributed by atoms with Gasteiger partial charge >= 0.3 is 0 Å². The van der Waals surface area contributed by atoms with Crippen molar-refractivity contribution in [1.82, 2.24) is 0 Å². The van der Waals surface area contributed by atoms with Gasteiger partial charge in [0.25, 0.3) is 0 Å². The number of hydrogen-bond donors (Lipinski definition) is 0. The average molecular weight is 298 g/mol. The molecule has 1 saturated heterocycles. The average Bonchev–Trinajstić information content (AvgIpc) is 2.42. The highest BCUT2D eigenvalue weighted by Crippen LogP contribution is 2.32. The molecule has 0 aromatic rings. The molecule has 116 valence electrons. The van der Waals surface area contributed by atoms with Crippen LogP contribution in [-0.2, 0) is 0 Å². The van der Waals surface area contributed by atoms with Crippen molar-refractivity contribution in [2.24, 2.45) is 5.92 Å². The second kappa shape index (κ2) is 10.5. The zero-order chi connectivity index (χ0) is 14.7. The molecule has 20 heavy (non-hydrogen) atoms. The number of likely N-dealkylation sites (tertiary alicyclic amines) is 1. The molecule has 0 aromatic heterocycles. The summed E-state index contributed by atoms with van der Waals surface area (Å²) in [5.41, 5.74) is 0. The molecule has 1 aliphatic heterocycles. The minimum Gasteiger partial charge on any atom is -0.248 e. The number of hydrogen-bond acceptors (Lipinski definition) is 2. The lowest BCUT2D eigenvalue weighted by Gasteiger charge is -2.39. The number of rotatable bonds is 10. The van der Waals surface area contributed by atoms with Crippen molar-refractivity contribution in [2.45, 2.75) is 78.1 Å². The minimum absolute atomic E-state index is 0.790. The number of unbranched alkanes of at least 4 members (excludes halogenated alkanes) is 7. The third-order valence-electron chi connectivity index (χ3n) is 4.56. The molecule has 0 N–H and O–H groups in total. The Labute approximate surface area is 130 Å². The van der Waals surface area contributed by atoms with Gasteiger partial charge in [0.15, 0.2) is 17.3 Å². The Morgan fingerprint density at radius 3 is 2.35 bits per heavy atom. The van der Waals surface area contributed by atoms with E-state index in [0.29, 0.717) is 0 Å². The number of thiocyanates is 1. The summed E-state index contributed by atoms with van der Waals surface area (Å²) in [7, 11) is 0. The van der Waals surface area contributed by atoms with E-state index in [-0.39, 0.29) is 0 Å². The SMILES string of the molecule is CCCCCCCCCC[N+]1(SC#N)CCCC(C)C1. The van der Waals surface area contributed by atoms with Crippen LogP contribution in [0.4, 0.5) is 0 Å². The molecule has 0 aromatic carbocycles.